The summed E-state index contributed by atoms with van der Waals surface area (Å²) in [6, 6.07) is 18.8. The van der Waals surface area contributed by atoms with Crippen molar-refractivity contribution < 1.29 is 14.4 Å². The fraction of sp³-hybridized carbons (Fsp3) is 0.286. The van der Waals surface area contributed by atoms with Crippen LogP contribution in [-0.4, -0.2) is 17.7 Å². The van der Waals surface area contributed by atoms with Crippen LogP contribution in [0.1, 0.15) is 31.7 Å². The minimum Gasteiger partial charge on any atom is -0.326 e. The molecular formula is C21H25N3O3. The lowest BCUT2D eigenvalue weighted by molar-refractivity contribution is -0.129. The van der Waals surface area contributed by atoms with E-state index in [1.807, 2.05) is 55.5 Å². The van der Waals surface area contributed by atoms with E-state index in [1.54, 1.807) is 12.1 Å². The van der Waals surface area contributed by atoms with E-state index in [4.69, 9.17) is 0 Å². The average molecular weight is 367 g/mol. The van der Waals surface area contributed by atoms with Gasteiger partial charge in [-0.05, 0) is 30.0 Å². The second-order valence-corrected chi connectivity index (χ2v) is 6.51. The molecule has 6 nitrogen and oxygen atoms in total. The van der Waals surface area contributed by atoms with E-state index in [9.17, 15) is 14.4 Å². The summed E-state index contributed by atoms with van der Waals surface area (Å²) in [5, 5.41) is 2.79. The van der Waals surface area contributed by atoms with Gasteiger partial charge in [0.1, 0.15) is 0 Å². The molecule has 0 aromatic heterocycles. The first-order valence-corrected chi connectivity index (χ1v) is 8.99. The first-order valence-electron chi connectivity index (χ1n) is 8.99. The van der Waals surface area contributed by atoms with E-state index in [1.165, 1.54) is 0 Å². The summed E-state index contributed by atoms with van der Waals surface area (Å²) in [6.07, 6.45) is 1.28. The number of aryl methyl sites for hydroxylation is 1. The minimum absolute atomic E-state index is 0.144. The number of rotatable bonds is 8. The molecule has 2 aromatic carbocycles. The molecular weight excluding hydrogens is 342 g/mol. The molecule has 0 aliphatic carbocycles. The Bertz CT molecular complexity index is 748. The molecule has 1 atom stereocenters. The quantitative estimate of drug-likeness (QED) is 0.627. The second-order valence-electron chi connectivity index (χ2n) is 6.51. The first-order chi connectivity index (χ1) is 13.0. The summed E-state index contributed by atoms with van der Waals surface area (Å²) in [5.74, 6) is -0.854. The molecule has 3 amide bonds. The highest BCUT2D eigenvalue weighted by molar-refractivity contribution is 5.91. The predicted octanol–water partition coefficient (Wildman–Crippen LogP) is 2.82. The van der Waals surface area contributed by atoms with E-state index >= 15 is 0 Å². The van der Waals surface area contributed by atoms with Gasteiger partial charge < -0.3 is 5.32 Å². The summed E-state index contributed by atoms with van der Waals surface area (Å²) in [7, 11) is 0. The summed E-state index contributed by atoms with van der Waals surface area (Å²) in [6.45, 7) is 1.82. The van der Waals surface area contributed by atoms with Gasteiger partial charge >= 0.3 is 0 Å². The Balaban J connectivity index is 1.62. The highest BCUT2D eigenvalue weighted by atomic mass is 16.2. The smallest absolute Gasteiger partial charge is 0.238 e. The van der Waals surface area contributed by atoms with Crippen LogP contribution >= 0.6 is 0 Å². The molecule has 2 aromatic rings. The van der Waals surface area contributed by atoms with Crippen molar-refractivity contribution >= 4 is 23.4 Å². The van der Waals surface area contributed by atoms with Crippen LogP contribution in [0.2, 0.25) is 0 Å². The standard InChI is InChI=1S/C21H25N3O3/c1-16(14-20(26)22-18-10-6-3-7-11-18)15-21(27)24-23-19(25)13-12-17-8-4-2-5-9-17/h2-11,16H,12-15H2,1H3,(H,22,26)(H,23,25)(H,24,27). The van der Waals surface area contributed by atoms with Crippen LogP contribution in [0.5, 0.6) is 0 Å². The molecule has 3 N–H and O–H groups in total. The summed E-state index contributed by atoms with van der Waals surface area (Å²) in [5.41, 5.74) is 6.61. The van der Waals surface area contributed by atoms with E-state index in [2.05, 4.69) is 16.2 Å². The van der Waals surface area contributed by atoms with Crippen molar-refractivity contribution in [1.82, 2.24) is 10.9 Å². The van der Waals surface area contributed by atoms with E-state index in [0.717, 1.165) is 11.3 Å². The first kappa shape index (κ1) is 20.2. The van der Waals surface area contributed by atoms with Crippen molar-refractivity contribution in [2.75, 3.05) is 5.32 Å². The van der Waals surface area contributed by atoms with E-state index in [0.29, 0.717) is 12.8 Å². The van der Waals surface area contributed by atoms with Crippen molar-refractivity contribution in [2.45, 2.75) is 32.6 Å². The minimum atomic E-state index is -0.317. The maximum atomic E-state index is 12.0. The molecule has 0 spiro atoms. The molecule has 6 heteroatoms. The van der Waals surface area contributed by atoms with Crippen molar-refractivity contribution in [3.05, 3.63) is 66.2 Å². The molecule has 0 saturated heterocycles. The fourth-order valence-corrected chi connectivity index (χ4v) is 2.59. The molecule has 0 aliphatic heterocycles. The van der Waals surface area contributed by atoms with Gasteiger partial charge in [-0.3, -0.25) is 25.2 Å². The average Bonchev–Trinajstić information content (AvgIpc) is 2.66. The summed E-state index contributed by atoms with van der Waals surface area (Å²) in [4.78, 5) is 35.7. The lowest BCUT2D eigenvalue weighted by atomic mass is 10.0. The van der Waals surface area contributed by atoms with Gasteiger partial charge in [0, 0.05) is 24.9 Å². The zero-order chi connectivity index (χ0) is 19.5. The normalized spacial score (nSPS) is 11.3. The maximum Gasteiger partial charge on any atom is 0.238 e. The molecule has 0 aliphatic rings. The monoisotopic (exact) mass is 367 g/mol. The zero-order valence-corrected chi connectivity index (χ0v) is 15.4. The van der Waals surface area contributed by atoms with Gasteiger partial charge in [-0.25, -0.2) is 0 Å². The van der Waals surface area contributed by atoms with Crippen LogP contribution in [0.4, 0.5) is 5.69 Å². The fourth-order valence-electron chi connectivity index (χ4n) is 2.59. The molecule has 142 valence electrons. The van der Waals surface area contributed by atoms with Gasteiger partial charge in [-0.1, -0.05) is 55.5 Å². The number of carbonyl (C=O) groups is 3. The highest BCUT2D eigenvalue weighted by Crippen LogP contribution is 2.11. The number of carbonyl (C=O) groups excluding carboxylic acids is 3. The number of hydrazine groups is 1. The SMILES string of the molecule is CC(CC(=O)NNC(=O)CCc1ccccc1)CC(=O)Nc1ccccc1. The lowest BCUT2D eigenvalue weighted by Crippen LogP contribution is -2.42. The number of benzene rings is 2. The molecule has 0 saturated carbocycles. The molecule has 27 heavy (non-hydrogen) atoms. The molecule has 0 fully saturated rings. The van der Waals surface area contributed by atoms with Crippen LogP contribution in [0.3, 0.4) is 0 Å². The third-order valence-electron chi connectivity index (χ3n) is 3.95. The number of amides is 3. The van der Waals surface area contributed by atoms with Crippen LogP contribution in [0.25, 0.3) is 0 Å². The number of nitrogens with one attached hydrogen (secondary N) is 3. The Hall–Kier alpha value is -3.15. The van der Waals surface area contributed by atoms with Crippen molar-refractivity contribution in [2.24, 2.45) is 5.92 Å². The summed E-state index contributed by atoms with van der Waals surface area (Å²) < 4.78 is 0. The maximum absolute atomic E-state index is 12.0. The topological polar surface area (TPSA) is 87.3 Å². The number of anilines is 1. The van der Waals surface area contributed by atoms with Crippen molar-refractivity contribution in [1.29, 1.82) is 0 Å². The predicted molar refractivity (Wildman–Crippen MR) is 105 cm³/mol. The van der Waals surface area contributed by atoms with Crippen LogP contribution in [0, 0.1) is 5.92 Å². The Labute approximate surface area is 159 Å². The summed E-state index contributed by atoms with van der Waals surface area (Å²) >= 11 is 0. The Morgan fingerprint density at radius 2 is 1.33 bits per heavy atom. The van der Waals surface area contributed by atoms with Crippen molar-refractivity contribution in [3.63, 3.8) is 0 Å². The van der Waals surface area contributed by atoms with Crippen LogP contribution in [-0.2, 0) is 20.8 Å². The number of hydrogen-bond acceptors (Lipinski definition) is 3. The molecule has 2 rings (SSSR count). The van der Waals surface area contributed by atoms with Gasteiger partial charge in [0.25, 0.3) is 0 Å². The van der Waals surface area contributed by atoms with E-state index < -0.39 is 0 Å². The van der Waals surface area contributed by atoms with Crippen molar-refractivity contribution in [3.8, 4) is 0 Å². The van der Waals surface area contributed by atoms with Gasteiger partial charge in [0.15, 0.2) is 0 Å². The molecule has 0 radical (unpaired) electrons. The van der Waals surface area contributed by atoms with Gasteiger partial charge in [0.05, 0.1) is 0 Å². The Morgan fingerprint density at radius 3 is 2.00 bits per heavy atom. The number of hydrogen-bond donors (Lipinski definition) is 3. The Kier molecular flexibility index (Phi) is 8.03. The Morgan fingerprint density at radius 1 is 0.778 bits per heavy atom. The largest absolute Gasteiger partial charge is 0.326 e. The number of para-hydroxylation sites is 1. The van der Waals surface area contributed by atoms with E-state index in [-0.39, 0.29) is 36.5 Å². The third-order valence-corrected chi connectivity index (χ3v) is 3.95. The van der Waals surface area contributed by atoms with Crippen LogP contribution < -0.4 is 16.2 Å². The lowest BCUT2D eigenvalue weighted by Gasteiger charge is -2.12. The van der Waals surface area contributed by atoms with Gasteiger partial charge in [-0.15, -0.1) is 0 Å². The second kappa shape index (κ2) is 10.8. The highest BCUT2D eigenvalue weighted by Gasteiger charge is 2.14. The molecule has 0 heterocycles. The zero-order valence-electron chi connectivity index (χ0n) is 15.4. The molecule has 1 unspecified atom stereocenters. The third kappa shape index (κ3) is 8.18. The molecule has 0 bridgehead atoms. The van der Waals surface area contributed by atoms with Gasteiger partial charge in [-0.2, -0.15) is 0 Å². The van der Waals surface area contributed by atoms with Gasteiger partial charge in [0.2, 0.25) is 17.7 Å². The van der Waals surface area contributed by atoms with Crippen LogP contribution in [0.15, 0.2) is 60.7 Å².